The largest absolute Gasteiger partial charge is 0.461 e. The Labute approximate surface area is 151 Å². The number of nitriles is 1. The molecule has 1 aromatic carbocycles. The molecule has 0 radical (unpaired) electrons. The molecule has 128 valence electrons. The molecule has 6 heteroatoms. The van der Waals surface area contributed by atoms with Gasteiger partial charge >= 0.3 is 5.97 Å². The second-order valence-corrected chi connectivity index (χ2v) is 5.34. The van der Waals surface area contributed by atoms with Crippen molar-refractivity contribution in [3.63, 3.8) is 0 Å². The van der Waals surface area contributed by atoms with Gasteiger partial charge in [-0.05, 0) is 37.3 Å². The summed E-state index contributed by atoms with van der Waals surface area (Å²) in [6, 6.07) is 18.3. The molecule has 0 spiro atoms. The van der Waals surface area contributed by atoms with E-state index in [4.69, 9.17) is 10.00 Å². The standard InChI is InChI=1S/C20H16N4O2/c1-2-26-20(25)18-9-5-8-16(23-18)15-6-3-4-7-17(15)24-19-11-10-14(12-21)13-22-19/h3-11,13H,2H2,1H3,(H,22,24). The number of pyridine rings is 2. The minimum absolute atomic E-state index is 0.260. The Kier molecular flexibility index (Phi) is 5.20. The first-order chi connectivity index (χ1) is 12.7. The van der Waals surface area contributed by atoms with Crippen LogP contribution in [-0.4, -0.2) is 22.5 Å². The lowest BCUT2D eigenvalue weighted by Gasteiger charge is -2.12. The van der Waals surface area contributed by atoms with Crippen LogP contribution >= 0.6 is 0 Å². The number of carbonyl (C=O) groups is 1. The van der Waals surface area contributed by atoms with E-state index in [-0.39, 0.29) is 5.69 Å². The van der Waals surface area contributed by atoms with Crippen LogP contribution in [0.3, 0.4) is 0 Å². The molecule has 2 heterocycles. The molecule has 0 bridgehead atoms. The third-order valence-electron chi connectivity index (χ3n) is 3.59. The average molecular weight is 344 g/mol. The lowest BCUT2D eigenvalue weighted by atomic mass is 10.1. The number of nitrogens with zero attached hydrogens (tertiary/aromatic N) is 3. The molecule has 6 nitrogen and oxygen atoms in total. The molecule has 0 amide bonds. The Morgan fingerprint density at radius 3 is 2.73 bits per heavy atom. The van der Waals surface area contributed by atoms with Crippen molar-refractivity contribution < 1.29 is 9.53 Å². The molecular weight excluding hydrogens is 328 g/mol. The Bertz CT molecular complexity index is 962. The molecule has 26 heavy (non-hydrogen) atoms. The van der Waals surface area contributed by atoms with E-state index >= 15 is 0 Å². The van der Waals surface area contributed by atoms with Crippen LogP contribution in [0.1, 0.15) is 23.0 Å². The number of hydrogen-bond donors (Lipinski definition) is 1. The van der Waals surface area contributed by atoms with Gasteiger partial charge in [0.1, 0.15) is 17.6 Å². The van der Waals surface area contributed by atoms with Gasteiger partial charge in [-0.25, -0.2) is 14.8 Å². The van der Waals surface area contributed by atoms with Crippen LogP contribution in [0.25, 0.3) is 11.3 Å². The summed E-state index contributed by atoms with van der Waals surface area (Å²) in [6.07, 6.45) is 1.50. The van der Waals surface area contributed by atoms with Crippen molar-refractivity contribution in [3.8, 4) is 17.3 Å². The Morgan fingerprint density at radius 2 is 2.00 bits per heavy atom. The van der Waals surface area contributed by atoms with Crippen LogP contribution in [-0.2, 0) is 4.74 Å². The smallest absolute Gasteiger partial charge is 0.356 e. The summed E-state index contributed by atoms with van der Waals surface area (Å²) in [4.78, 5) is 20.6. The number of anilines is 2. The molecule has 0 atom stereocenters. The van der Waals surface area contributed by atoms with Crippen LogP contribution in [0.4, 0.5) is 11.5 Å². The quantitative estimate of drug-likeness (QED) is 0.705. The molecule has 3 aromatic rings. The number of benzene rings is 1. The monoisotopic (exact) mass is 344 g/mol. The van der Waals surface area contributed by atoms with Crippen molar-refractivity contribution in [2.24, 2.45) is 0 Å². The van der Waals surface area contributed by atoms with Gasteiger partial charge in [0.2, 0.25) is 0 Å². The highest BCUT2D eigenvalue weighted by atomic mass is 16.5. The fraction of sp³-hybridized carbons (Fsp3) is 0.100. The Morgan fingerprint density at radius 1 is 1.15 bits per heavy atom. The minimum atomic E-state index is -0.450. The Hall–Kier alpha value is -3.72. The summed E-state index contributed by atoms with van der Waals surface area (Å²) in [7, 11) is 0. The number of para-hydroxylation sites is 1. The maximum atomic E-state index is 11.9. The van der Waals surface area contributed by atoms with Crippen molar-refractivity contribution >= 4 is 17.5 Å². The Balaban J connectivity index is 1.93. The average Bonchev–Trinajstić information content (AvgIpc) is 2.69. The first kappa shape index (κ1) is 17.1. The normalized spacial score (nSPS) is 10.0. The van der Waals surface area contributed by atoms with Crippen LogP contribution in [0.5, 0.6) is 0 Å². The van der Waals surface area contributed by atoms with Gasteiger partial charge in [-0.1, -0.05) is 24.3 Å². The number of hydrogen-bond acceptors (Lipinski definition) is 6. The lowest BCUT2D eigenvalue weighted by Crippen LogP contribution is -2.07. The summed E-state index contributed by atoms with van der Waals surface area (Å²) < 4.78 is 5.01. The van der Waals surface area contributed by atoms with E-state index in [1.165, 1.54) is 6.20 Å². The van der Waals surface area contributed by atoms with E-state index in [2.05, 4.69) is 15.3 Å². The van der Waals surface area contributed by atoms with E-state index in [0.29, 0.717) is 23.7 Å². The zero-order valence-electron chi connectivity index (χ0n) is 14.1. The van der Waals surface area contributed by atoms with Gasteiger partial charge in [-0.15, -0.1) is 0 Å². The second-order valence-electron chi connectivity index (χ2n) is 5.34. The van der Waals surface area contributed by atoms with Gasteiger partial charge in [0.15, 0.2) is 0 Å². The minimum Gasteiger partial charge on any atom is -0.461 e. The SMILES string of the molecule is CCOC(=O)c1cccc(-c2ccccc2Nc2ccc(C#N)cn2)n1. The third-order valence-corrected chi connectivity index (χ3v) is 3.59. The van der Waals surface area contributed by atoms with Crippen molar-refractivity contribution in [2.75, 3.05) is 11.9 Å². The van der Waals surface area contributed by atoms with Crippen LogP contribution in [0.15, 0.2) is 60.8 Å². The van der Waals surface area contributed by atoms with Gasteiger partial charge in [0.25, 0.3) is 0 Å². The maximum absolute atomic E-state index is 11.9. The van der Waals surface area contributed by atoms with Gasteiger partial charge in [-0.2, -0.15) is 5.26 Å². The van der Waals surface area contributed by atoms with E-state index < -0.39 is 5.97 Å². The van der Waals surface area contributed by atoms with Gasteiger partial charge < -0.3 is 10.1 Å². The van der Waals surface area contributed by atoms with Gasteiger partial charge in [-0.3, -0.25) is 0 Å². The lowest BCUT2D eigenvalue weighted by molar-refractivity contribution is 0.0519. The van der Waals surface area contributed by atoms with E-state index in [9.17, 15) is 4.79 Å². The summed E-state index contributed by atoms with van der Waals surface area (Å²) in [5.41, 5.74) is 3.01. The van der Waals surface area contributed by atoms with Gasteiger partial charge in [0, 0.05) is 17.4 Å². The van der Waals surface area contributed by atoms with Crippen molar-refractivity contribution in [3.05, 3.63) is 72.1 Å². The molecule has 1 N–H and O–H groups in total. The van der Waals surface area contributed by atoms with Gasteiger partial charge in [0.05, 0.1) is 17.9 Å². The molecule has 0 aliphatic rings. The molecule has 3 rings (SSSR count). The summed E-state index contributed by atoms with van der Waals surface area (Å²) in [5, 5.41) is 12.1. The topological polar surface area (TPSA) is 87.9 Å². The molecule has 0 aliphatic heterocycles. The molecule has 0 saturated heterocycles. The van der Waals surface area contributed by atoms with E-state index in [1.54, 1.807) is 31.2 Å². The molecular formula is C20H16N4O2. The molecule has 0 fully saturated rings. The maximum Gasteiger partial charge on any atom is 0.356 e. The van der Waals surface area contributed by atoms with Crippen LogP contribution < -0.4 is 5.32 Å². The zero-order chi connectivity index (χ0) is 18.4. The highest BCUT2D eigenvalue weighted by molar-refractivity contribution is 5.88. The third kappa shape index (κ3) is 3.84. The number of ether oxygens (including phenoxy) is 1. The number of carbonyl (C=O) groups excluding carboxylic acids is 1. The summed E-state index contributed by atoms with van der Waals surface area (Å²) in [5.74, 6) is 0.159. The molecule has 0 saturated carbocycles. The highest BCUT2D eigenvalue weighted by Gasteiger charge is 2.12. The fourth-order valence-electron chi connectivity index (χ4n) is 2.39. The predicted molar refractivity (Wildman–Crippen MR) is 97.9 cm³/mol. The van der Waals surface area contributed by atoms with E-state index in [0.717, 1.165) is 11.3 Å². The molecule has 0 unspecified atom stereocenters. The zero-order valence-corrected chi connectivity index (χ0v) is 14.1. The highest BCUT2D eigenvalue weighted by Crippen LogP contribution is 2.28. The first-order valence-corrected chi connectivity index (χ1v) is 8.08. The predicted octanol–water partition coefficient (Wildman–Crippen LogP) is 3.94. The second kappa shape index (κ2) is 7.90. The summed E-state index contributed by atoms with van der Waals surface area (Å²) in [6.45, 7) is 2.05. The number of esters is 1. The number of rotatable bonds is 5. The molecule has 2 aromatic heterocycles. The van der Waals surface area contributed by atoms with Crippen molar-refractivity contribution in [1.29, 1.82) is 5.26 Å². The van der Waals surface area contributed by atoms with Crippen molar-refractivity contribution in [2.45, 2.75) is 6.92 Å². The van der Waals surface area contributed by atoms with Crippen molar-refractivity contribution in [1.82, 2.24) is 9.97 Å². The number of nitrogens with one attached hydrogen (secondary N) is 1. The summed E-state index contributed by atoms with van der Waals surface area (Å²) >= 11 is 0. The van der Waals surface area contributed by atoms with E-state index in [1.807, 2.05) is 36.4 Å². The first-order valence-electron chi connectivity index (χ1n) is 8.08. The van der Waals surface area contributed by atoms with Crippen LogP contribution in [0, 0.1) is 11.3 Å². The fourth-order valence-corrected chi connectivity index (χ4v) is 2.39. The molecule has 0 aliphatic carbocycles. The van der Waals surface area contributed by atoms with Crippen LogP contribution in [0.2, 0.25) is 0 Å². The number of aromatic nitrogens is 2.